The van der Waals surface area contributed by atoms with Crippen LogP contribution in [0, 0.1) is 17.8 Å². The number of hydrogen-bond donors (Lipinski definition) is 1. The van der Waals surface area contributed by atoms with Gasteiger partial charge in [-0.1, -0.05) is 6.92 Å². The second-order valence-corrected chi connectivity index (χ2v) is 5.16. The molecule has 1 heterocycles. The first-order chi connectivity index (χ1) is 7.42. The summed E-state index contributed by atoms with van der Waals surface area (Å²) in [6, 6.07) is 0. The molecule has 2 nitrogen and oxygen atoms in total. The normalized spacial score (nSPS) is 32.6. The Morgan fingerprint density at radius 3 is 2.53 bits per heavy atom. The van der Waals surface area contributed by atoms with Crippen molar-refractivity contribution < 1.29 is 4.74 Å². The minimum Gasteiger partial charge on any atom is -0.381 e. The molecule has 1 saturated heterocycles. The van der Waals surface area contributed by atoms with Crippen LogP contribution in [0.5, 0.6) is 0 Å². The number of ether oxygens (including phenoxy) is 1. The fraction of sp³-hybridized carbons (Fsp3) is 1.00. The van der Waals surface area contributed by atoms with E-state index < -0.39 is 0 Å². The molecule has 0 spiro atoms. The molecule has 1 aliphatic heterocycles. The molecule has 0 amide bonds. The molecule has 2 atom stereocenters. The summed E-state index contributed by atoms with van der Waals surface area (Å²) in [7, 11) is 0. The summed E-state index contributed by atoms with van der Waals surface area (Å²) < 4.78 is 5.44. The zero-order chi connectivity index (χ0) is 10.5. The van der Waals surface area contributed by atoms with Crippen molar-refractivity contribution in [1.29, 1.82) is 0 Å². The Labute approximate surface area is 93.8 Å². The zero-order valence-corrected chi connectivity index (χ0v) is 10.0. The van der Waals surface area contributed by atoms with Gasteiger partial charge in [-0.25, -0.2) is 0 Å². The Kier molecular flexibility index (Phi) is 4.45. The summed E-state index contributed by atoms with van der Waals surface area (Å²) in [5.41, 5.74) is 0. The van der Waals surface area contributed by atoms with Crippen LogP contribution in [0.2, 0.25) is 0 Å². The highest BCUT2D eigenvalue weighted by molar-refractivity contribution is 4.87. The van der Waals surface area contributed by atoms with Gasteiger partial charge in [0, 0.05) is 13.2 Å². The minimum atomic E-state index is 0.972. The molecule has 0 radical (unpaired) electrons. The molecule has 1 N–H and O–H groups in total. The average Bonchev–Trinajstić information content (AvgIpc) is 2.24. The standard InChI is InChI=1S/C13H25NO/c1-2-7-14-10-12-3-4-13(12)11-5-8-15-9-6-11/h11-14H,2-10H2,1H3. The van der Waals surface area contributed by atoms with Gasteiger partial charge < -0.3 is 10.1 Å². The fourth-order valence-corrected chi connectivity index (χ4v) is 3.08. The molecule has 0 aromatic carbocycles. The maximum absolute atomic E-state index is 5.44. The Balaban J connectivity index is 1.68. The van der Waals surface area contributed by atoms with E-state index in [2.05, 4.69) is 12.2 Å². The number of hydrogen-bond acceptors (Lipinski definition) is 2. The van der Waals surface area contributed by atoms with Crippen LogP contribution in [-0.2, 0) is 4.74 Å². The summed E-state index contributed by atoms with van der Waals surface area (Å²) in [5, 5.41) is 3.57. The van der Waals surface area contributed by atoms with Crippen LogP contribution < -0.4 is 5.32 Å². The van der Waals surface area contributed by atoms with Crippen LogP contribution in [-0.4, -0.2) is 26.3 Å². The van der Waals surface area contributed by atoms with E-state index in [-0.39, 0.29) is 0 Å². The third kappa shape index (κ3) is 2.94. The van der Waals surface area contributed by atoms with Crippen LogP contribution in [0.3, 0.4) is 0 Å². The molecule has 2 unspecified atom stereocenters. The van der Waals surface area contributed by atoms with Gasteiger partial charge in [0.25, 0.3) is 0 Å². The lowest BCUT2D eigenvalue weighted by molar-refractivity contribution is 0.00379. The van der Waals surface area contributed by atoms with E-state index >= 15 is 0 Å². The predicted molar refractivity (Wildman–Crippen MR) is 62.9 cm³/mol. The maximum Gasteiger partial charge on any atom is 0.0468 e. The minimum absolute atomic E-state index is 0.972. The quantitative estimate of drug-likeness (QED) is 0.705. The highest BCUT2D eigenvalue weighted by Crippen LogP contribution is 2.42. The molecular formula is C13H25NO. The molecule has 2 fully saturated rings. The Morgan fingerprint density at radius 2 is 1.93 bits per heavy atom. The van der Waals surface area contributed by atoms with Gasteiger partial charge in [-0.3, -0.25) is 0 Å². The van der Waals surface area contributed by atoms with Crippen molar-refractivity contribution in [3.05, 3.63) is 0 Å². The molecule has 0 aromatic rings. The SMILES string of the molecule is CCCNCC1CCC1C1CCOCC1. The van der Waals surface area contributed by atoms with Crippen LogP contribution in [0.1, 0.15) is 39.0 Å². The highest BCUT2D eigenvalue weighted by atomic mass is 16.5. The van der Waals surface area contributed by atoms with E-state index in [1.807, 2.05) is 0 Å². The summed E-state index contributed by atoms with van der Waals surface area (Å²) in [4.78, 5) is 0. The molecule has 2 aliphatic rings. The van der Waals surface area contributed by atoms with E-state index in [9.17, 15) is 0 Å². The smallest absolute Gasteiger partial charge is 0.0468 e. The van der Waals surface area contributed by atoms with E-state index in [1.54, 1.807) is 0 Å². The van der Waals surface area contributed by atoms with Crippen molar-refractivity contribution in [1.82, 2.24) is 5.32 Å². The summed E-state index contributed by atoms with van der Waals surface area (Å²) in [6.45, 7) is 6.71. The van der Waals surface area contributed by atoms with Gasteiger partial charge in [-0.05, 0) is 62.9 Å². The Morgan fingerprint density at radius 1 is 1.13 bits per heavy atom. The van der Waals surface area contributed by atoms with Crippen molar-refractivity contribution in [2.24, 2.45) is 17.8 Å². The molecule has 2 heteroatoms. The fourth-order valence-electron chi connectivity index (χ4n) is 3.08. The molecule has 1 saturated carbocycles. The lowest BCUT2D eigenvalue weighted by Gasteiger charge is -2.43. The van der Waals surface area contributed by atoms with Gasteiger partial charge in [-0.15, -0.1) is 0 Å². The zero-order valence-electron chi connectivity index (χ0n) is 10.0. The van der Waals surface area contributed by atoms with Crippen molar-refractivity contribution in [2.75, 3.05) is 26.3 Å². The Bertz CT molecular complexity index is 177. The average molecular weight is 211 g/mol. The van der Waals surface area contributed by atoms with Crippen molar-refractivity contribution in [3.63, 3.8) is 0 Å². The van der Waals surface area contributed by atoms with Crippen molar-refractivity contribution in [3.8, 4) is 0 Å². The molecule has 0 bridgehead atoms. The molecule has 15 heavy (non-hydrogen) atoms. The Hall–Kier alpha value is -0.0800. The van der Waals surface area contributed by atoms with Gasteiger partial charge in [0.2, 0.25) is 0 Å². The second kappa shape index (κ2) is 5.86. The van der Waals surface area contributed by atoms with E-state index in [0.29, 0.717) is 0 Å². The summed E-state index contributed by atoms with van der Waals surface area (Å²) in [6.07, 6.45) is 6.82. The summed E-state index contributed by atoms with van der Waals surface area (Å²) >= 11 is 0. The van der Waals surface area contributed by atoms with Gasteiger partial charge in [0.05, 0.1) is 0 Å². The first-order valence-electron chi connectivity index (χ1n) is 6.70. The molecule has 0 aromatic heterocycles. The van der Waals surface area contributed by atoms with Crippen LogP contribution in [0.15, 0.2) is 0 Å². The second-order valence-electron chi connectivity index (χ2n) is 5.16. The van der Waals surface area contributed by atoms with Gasteiger partial charge in [0.1, 0.15) is 0 Å². The van der Waals surface area contributed by atoms with Crippen LogP contribution in [0.4, 0.5) is 0 Å². The van der Waals surface area contributed by atoms with E-state index in [4.69, 9.17) is 4.74 Å². The predicted octanol–water partition coefficient (Wildman–Crippen LogP) is 2.44. The van der Waals surface area contributed by atoms with Crippen LogP contribution >= 0.6 is 0 Å². The highest BCUT2D eigenvalue weighted by Gasteiger charge is 2.36. The lowest BCUT2D eigenvalue weighted by Crippen LogP contribution is -2.41. The molecular weight excluding hydrogens is 186 g/mol. The number of nitrogens with one attached hydrogen (secondary N) is 1. The topological polar surface area (TPSA) is 21.3 Å². The molecule has 1 aliphatic carbocycles. The third-order valence-electron chi connectivity index (χ3n) is 4.18. The monoisotopic (exact) mass is 211 g/mol. The largest absolute Gasteiger partial charge is 0.381 e. The first-order valence-corrected chi connectivity index (χ1v) is 6.70. The van der Waals surface area contributed by atoms with Gasteiger partial charge in [0.15, 0.2) is 0 Å². The van der Waals surface area contributed by atoms with E-state index in [0.717, 1.165) is 31.0 Å². The van der Waals surface area contributed by atoms with Gasteiger partial charge >= 0.3 is 0 Å². The molecule has 88 valence electrons. The molecule has 2 rings (SSSR count). The third-order valence-corrected chi connectivity index (χ3v) is 4.18. The van der Waals surface area contributed by atoms with Crippen LogP contribution in [0.25, 0.3) is 0 Å². The maximum atomic E-state index is 5.44. The lowest BCUT2D eigenvalue weighted by atomic mass is 9.65. The van der Waals surface area contributed by atoms with Crippen molar-refractivity contribution in [2.45, 2.75) is 39.0 Å². The van der Waals surface area contributed by atoms with Crippen molar-refractivity contribution >= 4 is 0 Å². The number of rotatable bonds is 5. The summed E-state index contributed by atoms with van der Waals surface area (Å²) in [5.74, 6) is 2.96. The first kappa shape index (κ1) is 11.4. The van der Waals surface area contributed by atoms with E-state index in [1.165, 1.54) is 45.2 Å². The van der Waals surface area contributed by atoms with Gasteiger partial charge in [-0.2, -0.15) is 0 Å².